The molecule has 19 heavy (non-hydrogen) atoms. The number of aliphatic hydroxyl groups is 1. The number of rotatable bonds is 1. The quantitative estimate of drug-likeness (QED) is 0.722. The summed E-state index contributed by atoms with van der Waals surface area (Å²) in [6.45, 7) is 1.28. The number of amides is 2. The lowest BCUT2D eigenvalue weighted by Gasteiger charge is -2.47. The Bertz CT molecular complexity index is 398. The molecule has 1 aliphatic carbocycles. The highest BCUT2D eigenvalue weighted by Crippen LogP contribution is 2.39. The van der Waals surface area contributed by atoms with Crippen LogP contribution in [0.15, 0.2) is 0 Å². The number of fused-ring (bicyclic) bond motifs is 1. The van der Waals surface area contributed by atoms with E-state index in [-0.39, 0.29) is 23.8 Å². The molecule has 0 radical (unpaired) electrons. The molecule has 0 bridgehead atoms. The van der Waals surface area contributed by atoms with Gasteiger partial charge in [0.25, 0.3) is 0 Å². The summed E-state index contributed by atoms with van der Waals surface area (Å²) in [4.78, 5) is 25.4. The van der Waals surface area contributed by atoms with Gasteiger partial charge >= 0.3 is 0 Å². The van der Waals surface area contributed by atoms with Crippen LogP contribution in [0.4, 0.5) is 0 Å². The van der Waals surface area contributed by atoms with Gasteiger partial charge in [0.1, 0.15) is 6.04 Å². The second kappa shape index (κ2) is 4.78. The van der Waals surface area contributed by atoms with Crippen molar-refractivity contribution in [3.05, 3.63) is 0 Å². The molecule has 0 aromatic rings. The van der Waals surface area contributed by atoms with E-state index in [4.69, 9.17) is 0 Å². The van der Waals surface area contributed by atoms with Crippen LogP contribution in [0.25, 0.3) is 0 Å². The maximum atomic E-state index is 12.4. The number of hydrogen-bond acceptors (Lipinski definition) is 3. The SMILES string of the molecule is O=C1CC[C@@H](C(=O)N2CCC3(O)CCCCC3C2)N1. The Morgan fingerprint density at radius 2 is 2.16 bits per heavy atom. The fourth-order valence-corrected chi connectivity index (χ4v) is 3.79. The Morgan fingerprint density at radius 3 is 2.89 bits per heavy atom. The highest BCUT2D eigenvalue weighted by Gasteiger charge is 2.44. The van der Waals surface area contributed by atoms with Gasteiger partial charge in [0, 0.05) is 25.4 Å². The van der Waals surface area contributed by atoms with Crippen LogP contribution in [0.3, 0.4) is 0 Å². The number of nitrogens with one attached hydrogen (secondary N) is 1. The Kier molecular flexibility index (Phi) is 3.25. The molecule has 2 unspecified atom stereocenters. The summed E-state index contributed by atoms with van der Waals surface area (Å²) in [5, 5.41) is 13.3. The zero-order chi connectivity index (χ0) is 13.5. The van der Waals surface area contributed by atoms with Gasteiger partial charge in [-0.2, -0.15) is 0 Å². The molecule has 0 spiro atoms. The third-order valence-corrected chi connectivity index (χ3v) is 5.03. The van der Waals surface area contributed by atoms with E-state index >= 15 is 0 Å². The van der Waals surface area contributed by atoms with E-state index < -0.39 is 5.60 Å². The molecular formula is C14H22N2O3. The third-order valence-electron chi connectivity index (χ3n) is 5.03. The van der Waals surface area contributed by atoms with Crippen molar-refractivity contribution in [3.8, 4) is 0 Å². The lowest BCUT2D eigenvalue weighted by Crippen LogP contribution is -2.57. The van der Waals surface area contributed by atoms with Crippen LogP contribution in [0.5, 0.6) is 0 Å². The molecule has 5 nitrogen and oxygen atoms in total. The summed E-state index contributed by atoms with van der Waals surface area (Å²) < 4.78 is 0. The molecule has 1 saturated carbocycles. The predicted octanol–water partition coefficient (Wildman–Crippen LogP) is 0.419. The minimum absolute atomic E-state index is 0.0236. The van der Waals surface area contributed by atoms with Crippen LogP contribution in [-0.2, 0) is 9.59 Å². The fourth-order valence-electron chi connectivity index (χ4n) is 3.79. The van der Waals surface area contributed by atoms with Crippen molar-refractivity contribution in [2.24, 2.45) is 5.92 Å². The molecular weight excluding hydrogens is 244 g/mol. The average Bonchev–Trinajstić information content (AvgIpc) is 2.83. The fraction of sp³-hybridized carbons (Fsp3) is 0.857. The normalized spacial score (nSPS) is 38.8. The van der Waals surface area contributed by atoms with Gasteiger partial charge in [0.15, 0.2) is 0 Å². The lowest BCUT2D eigenvalue weighted by atomic mass is 9.71. The maximum Gasteiger partial charge on any atom is 0.245 e. The summed E-state index contributed by atoms with van der Waals surface area (Å²) in [6.07, 6.45) is 5.89. The summed E-state index contributed by atoms with van der Waals surface area (Å²) in [6, 6.07) is -0.331. The standard InChI is InChI=1S/C14H22N2O3/c17-12-5-4-11(15-12)13(18)16-8-7-14(19)6-2-1-3-10(14)9-16/h10-11,19H,1-9H2,(H,15,17)/t10?,11-,14?/m0/s1. The van der Waals surface area contributed by atoms with Gasteiger partial charge in [-0.25, -0.2) is 0 Å². The second-order valence-corrected chi connectivity index (χ2v) is 6.24. The van der Waals surface area contributed by atoms with Crippen LogP contribution >= 0.6 is 0 Å². The summed E-state index contributed by atoms with van der Waals surface area (Å²) >= 11 is 0. The van der Waals surface area contributed by atoms with Gasteiger partial charge in [-0.1, -0.05) is 12.8 Å². The molecule has 3 rings (SSSR count). The molecule has 3 aliphatic rings. The van der Waals surface area contributed by atoms with Crippen molar-refractivity contribution in [2.45, 2.75) is 56.6 Å². The molecule has 3 atom stereocenters. The van der Waals surface area contributed by atoms with Gasteiger partial charge in [0.05, 0.1) is 5.60 Å². The molecule has 2 aliphatic heterocycles. The summed E-state index contributed by atoms with van der Waals surface area (Å²) in [5.41, 5.74) is -0.548. The van der Waals surface area contributed by atoms with Crippen molar-refractivity contribution in [1.82, 2.24) is 10.2 Å². The largest absolute Gasteiger partial charge is 0.389 e. The van der Waals surface area contributed by atoms with Crippen LogP contribution in [0.2, 0.25) is 0 Å². The monoisotopic (exact) mass is 266 g/mol. The summed E-state index contributed by atoms with van der Waals surface area (Å²) in [7, 11) is 0. The molecule has 106 valence electrons. The molecule has 0 aromatic heterocycles. The Morgan fingerprint density at radius 1 is 1.32 bits per heavy atom. The average molecular weight is 266 g/mol. The van der Waals surface area contributed by atoms with E-state index in [2.05, 4.69) is 5.32 Å². The maximum absolute atomic E-state index is 12.4. The van der Waals surface area contributed by atoms with Crippen molar-refractivity contribution in [3.63, 3.8) is 0 Å². The van der Waals surface area contributed by atoms with E-state index in [9.17, 15) is 14.7 Å². The predicted molar refractivity (Wildman–Crippen MR) is 69.3 cm³/mol. The first-order valence-corrected chi connectivity index (χ1v) is 7.39. The van der Waals surface area contributed by atoms with Crippen molar-refractivity contribution >= 4 is 11.8 Å². The number of carbonyl (C=O) groups is 2. The van der Waals surface area contributed by atoms with Crippen LogP contribution in [0.1, 0.15) is 44.9 Å². The number of carbonyl (C=O) groups excluding carboxylic acids is 2. The van der Waals surface area contributed by atoms with Gasteiger partial charge in [-0.3, -0.25) is 9.59 Å². The molecule has 2 amide bonds. The van der Waals surface area contributed by atoms with Gasteiger partial charge in [0.2, 0.25) is 11.8 Å². The number of nitrogens with zero attached hydrogens (tertiary/aromatic N) is 1. The Hall–Kier alpha value is -1.10. The number of hydrogen-bond donors (Lipinski definition) is 2. The van der Waals surface area contributed by atoms with Crippen LogP contribution < -0.4 is 5.32 Å². The van der Waals surface area contributed by atoms with E-state index in [0.717, 1.165) is 25.7 Å². The van der Waals surface area contributed by atoms with Crippen LogP contribution in [0, 0.1) is 5.92 Å². The van der Waals surface area contributed by atoms with Crippen LogP contribution in [-0.4, -0.2) is 46.6 Å². The first-order chi connectivity index (χ1) is 9.08. The van der Waals surface area contributed by atoms with E-state index in [1.807, 2.05) is 4.90 Å². The molecule has 3 fully saturated rings. The zero-order valence-corrected chi connectivity index (χ0v) is 11.2. The smallest absolute Gasteiger partial charge is 0.245 e. The first-order valence-electron chi connectivity index (χ1n) is 7.39. The molecule has 2 heterocycles. The van der Waals surface area contributed by atoms with E-state index in [1.54, 1.807) is 0 Å². The topological polar surface area (TPSA) is 69.6 Å². The minimum atomic E-state index is -0.548. The Labute approximate surface area is 113 Å². The van der Waals surface area contributed by atoms with Gasteiger partial charge < -0.3 is 15.3 Å². The number of piperidine rings is 1. The minimum Gasteiger partial charge on any atom is -0.389 e. The highest BCUT2D eigenvalue weighted by molar-refractivity contribution is 5.90. The molecule has 2 N–H and O–H groups in total. The molecule has 2 saturated heterocycles. The second-order valence-electron chi connectivity index (χ2n) is 6.24. The van der Waals surface area contributed by atoms with Crippen molar-refractivity contribution in [1.29, 1.82) is 0 Å². The third kappa shape index (κ3) is 2.36. The number of likely N-dealkylation sites (tertiary alicyclic amines) is 1. The zero-order valence-electron chi connectivity index (χ0n) is 11.2. The molecule has 0 aromatic carbocycles. The van der Waals surface area contributed by atoms with E-state index in [1.165, 1.54) is 0 Å². The van der Waals surface area contributed by atoms with E-state index in [0.29, 0.717) is 32.4 Å². The first kappa shape index (κ1) is 12.9. The Balaban J connectivity index is 1.64. The summed E-state index contributed by atoms with van der Waals surface area (Å²) in [5.74, 6) is 0.235. The lowest BCUT2D eigenvalue weighted by molar-refractivity contribution is -0.145. The van der Waals surface area contributed by atoms with Crippen molar-refractivity contribution < 1.29 is 14.7 Å². The van der Waals surface area contributed by atoms with Gasteiger partial charge in [-0.05, 0) is 25.7 Å². The van der Waals surface area contributed by atoms with Gasteiger partial charge in [-0.15, -0.1) is 0 Å². The van der Waals surface area contributed by atoms with Crippen molar-refractivity contribution in [2.75, 3.05) is 13.1 Å². The molecule has 5 heteroatoms. The highest BCUT2D eigenvalue weighted by atomic mass is 16.3.